The zero-order chi connectivity index (χ0) is 17.5. The van der Waals surface area contributed by atoms with Crippen LogP contribution in [0.5, 0.6) is 0 Å². The van der Waals surface area contributed by atoms with E-state index >= 15 is 0 Å². The lowest BCUT2D eigenvalue weighted by Gasteiger charge is -2.01. The van der Waals surface area contributed by atoms with Gasteiger partial charge in [0.25, 0.3) is 0 Å². The molecule has 0 fully saturated rings. The van der Waals surface area contributed by atoms with Crippen LogP contribution in [-0.4, -0.2) is 26.0 Å². The second-order valence-corrected chi connectivity index (χ2v) is 4.49. The number of hydrogen-bond acceptors (Lipinski definition) is 4. The smallest absolute Gasteiger partial charge is 0.187 e. The van der Waals surface area contributed by atoms with Gasteiger partial charge in [-0.1, -0.05) is 6.07 Å². The molecule has 1 aromatic heterocycles. The second-order valence-electron chi connectivity index (χ2n) is 4.49. The maximum Gasteiger partial charge on any atom is 0.187 e. The van der Waals surface area contributed by atoms with E-state index in [0.29, 0.717) is 6.07 Å². The van der Waals surface area contributed by atoms with Gasteiger partial charge >= 0.3 is 0 Å². The van der Waals surface area contributed by atoms with Crippen LogP contribution >= 0.6 is 0 Å². The molecule has 0 aliphatic heterocycles. The van der Waals surface area contributed by atoms with Gasteiger partial charge in [0.05, 0.1) is 5.56 Å². The number of Topliss-reactive ketones (excluding diaryl/α,β-unsaturated/α-hetero) is 1. The van der Waals surface area contributed by atoms with Crippen LogP contribution in [0.1, 0.15) is 10.4 Å². The molecule has 1 heterocycles. The van der Waals surface area contributed by atoms with E-state index in [1.54, 1.807) is 0 Å². The molecule has 0 unspecified atom stereocenters. The fraction of sp³-hybridized carbons (Fsp3) is 0.0667. The molecule has 2 aromatic carbocycles. The molecule has 0 amide bonds. The lowest BCUT2D eigenvalue weighted by atomic mass is 10.1. The first-order valence-corrected chi connectivity index (χ1v) is 6.56. The molecule has 0 radical (unpaired) electrons. The van der Waals surface area contributed by atoms with E-state index in [-0.39, 0.29) is 12.1 Å². The van der Waals surface area contributed by atoms with Gasteiger partial charge in [-0.15, -0.1) is 5.10 Å². The first-order valence-electron chi connectivity index (χ1n) is 6.56. The van der Waals surface area contributed by atoms with Gasteiger partial charge in [-0.25, -0.2) is 22.2 Å². The number of nitrogens with zero attached hydrogens (tertiary/aromatic N) is 4. The molecule has 24 heavy (non-hydrogen) atoms. The van der Waals surface area contributed by atoms with Gasteiger partial charge in [-0.2, -0.15) is 0 Å². The molecule has 3 rings (SSSR count). The monoisotopic (exact) mass is 338 g/mol. The number of halogens is 4. The maximum absolute atomic E-state index is 13.2. The Labute approximate surface area is 133 Å². The van der Waals surface area contributed by atoms with Crippen molar-refractivity contribution in [2.24, 2.45) is 0 Å². The molecule has 0 bridgehead atoms. The number of aromatic nitrogens is 4. The molecule has 0 saturated carbocycles. The van der Waals surface area contributed by atoms with E-state index in [4.69, 9.17) is 0 Å². The van der Waals surface area contributed by atoms with E-state index in [2.05, 4.69) is 15.5 Å². The molecule has 0 aliphatic carbocycles. The summed E-state index contributed by atoms with van der Waals surface area (Å²) < 4.78 is 50.8. The van der Waals surface area contributed by atoms with E-state index in [1.165, 1.54) is 24.5 Å². The Morgan fingerprint density at radius 3 is 2.12 bits per heavy atom. The van der Waals surface area contributed by atoms with Gasteiger partial charge in [0.15, 0.2) is 5.78 Å². The lowest BCUT2D eigenvalue weighted by Crippen LogP contribution is -2.12. The summed E-state index contributed by atoms with van der Waals surface area (Å²) in [6, 6.07) is 7.33. The first kappa shape index (κ1) is 17.3. The fourth-order valence-corrected chi connectivity index (χ4v) is 1.66. The minimum Gasteiger partial charge on any atom is -0.292 e. The van der Waals surface area contributed by atoms with Crippen LogP contribution in [0.2, 0.25) is 0 Å². The third-order valence-electron chi connectivity index (χ3n) is 2.72. The van der Waals surface area contributed by atoms with Crippen LogP contribution < -0.4 is 0 Å². The Hall–Kier alpha value is -3.10. The largest absolute Gasteiger partial charge is 0.292 e. The number of carbonyl (C=O) groups is 1. The molecule has 0 N–H and O–H groups in total. The van der Waals surface area contributed by atoms with Gasteiger partial charge < -0.3 is 0 Å². The van der Waals surface area contributed by atoms with E-state index in [0.717, 1.165) is 22.9 Å². The normalized spacial score (nSPS) is 10.0. The number of rotatable bonds is 3. The number of ketones is 1. The summed E-state index contributed by atoms with van der Waals surface area (Å²) in [6.45, 7) is -0.185. The van der Waals surface area contributed by atoms with Crippen LogP contribution in [0.4, 0.5) is 17.6 Å². The standard InChI is InChI=1S/C9H6F2N4O.C6H4F2/c10-6-1-2-7(8(11)3-6)9(16)4-15-5-12-13-14-15;7-5-2-1-3-6(8)4-5/h1-3,5H,4H2;1-4H. The van der Waals surface area contributed by atoms with Crippen molar-refractivity contribution in [3.05, 3.63) is 77.6 Å². The molecule has 124 valence electrons. The number of tetrazole rings is 1. The first-order chi connectivity index (χ1) is 11.5. The number of benzene rings is 2. The van der Waals surface area contributed by atoms with Gasteiger partial charge in [0.1, 0.15) is 36.1 Å². The summed E-state index contributed by atoms with van der Waals surface area (Å²) in [6.07, 6.45) is 1.24. The van der Waals surface area contributed by atoms with E-state index < -0.39 is 29.1 Å². The number of hydrogen-bond donors (Lipinski definition) is 0. The minimum atomic E-state index is -0.891. The van der Waals surface area contributed by atoms with Crippen molar-refractivity contribution >= 4 is 5.78 Å². The summed E-state index contributed by atoms with van der Waals surface area (Å²) in [5.74, 6) is -3.21. The number of carbonyl (C=O) groups excluding carboxylic acids is 1. The van der Waals surface area contributed by atoms with Gasteiger partial charge in [0, 0.05) is 12.1 Å². The topological polar surface area (TPSA) is 60.7 Å². The van der Waals surface area contributed by atoms with Crippen molar-refractivity contribution in [2.75, 3.05) is 0 Å². The average Bonchev–Trinajstić information content (AvgIpc) is 3.00. The average molecular weight is 338 g/mol. The molecule has 0 atom stereocenters. The molecule has 0 aliphatic rings. The summed E-state index contributed by atoms with van der Waals surface area (Å²) in [7, 11) is 0. The van der Waals surface area contributed by atoms with Crippen LogP contribution in [0.3, 0.4) is 0 Å². The van der Waals surface area contributed by atoms with Crippen LogP contribution in [0, 0.1) is 23.3 Å². The second kappa shape index (κ2) is 7.95. The Morgan fingerprint density at radius 1 is 0.958 bits per heavy atom. The predicted molar refractivity (Wildman–Crippen MR) is 74.9 cm³/mol. The summed E-state index contributed by atoms with van der Waals surface area (Å²) in [4.78, 5) is 11.6. The highest BCUT2D eigenvalue weighted by Crippen LogP contribution is 2.10. The van der Waals surface area contributed by atoms with E-state index in [1.807, 2.05) is 0 Å². The third-order valence-corrected chi connectivity index (χ3v) is 2.72. The highest BCUT2D eigenvalue weighted by atomic mass is 19.1. The van der Waals surface area contributed by atoms with Gasteiger partial charge in [0.2, 0.25) is 0 Å². The van der Waals surface area contributed by atoms with Crippen LogP contribution in [0.15, 0.2) is 48.8 Å². The summed E-state index contributed by atoms with van der Waals surface area (Å²) in [5, 5.41) is 10.1. The minimum absolute atomic E-state index is 0.183. The molecule has 5 nitrogen and oxygen atoms in total. The Kier molecular flexibility index (Phi) is 5.72. The third kappa shape index (κ3) is 4.97. The van der Waals surface area contributed by atoms with Crippen LogP contribution in [-0.2, 0) is 6.54 Å². The zero-order valence-electron chi connectivity index (χ0n) is 12.0. The summed E-state index contributed by atoms with van der Waals surface area (Å²) >= 11 is 0. The van der Waals surface area contributed by atoms with Crippen LogP contribution in [0.25, 0.3) is 0 Å². The molecule has 3 aromatic rings. The Balaban J connectivity index is 0.000000219. The van der Waals surface area contributed by atoms with Crippen molar-refractivity contribution in [1.29, 1.82) is 0 Å². The van der Waals surface area contributed by atoms with Gasteiger partial charge in [-0.3, -0.25) is 4.79 Å². The van der Waals surface area contributed by atoms with Crippen molar-refractivity contribution < 1.29 is 22.4 Å². The highest BCUT2D eigenvalue weighted by molar-refractivity contribution is 5.96. The Bertz CT molecular complexity index is 807. The maximum atomic E-state index is 13.2. The quantitative estimate of drug-likeness (QED) is 0.544. The highest BCUT2D eigenvalue weighted by Gasteiger charge is 2.13. The van der Waals surface area contributed by atoms with Crippen molar-refractivity contribution in [1.82, 2.24) is 20.2 Å². The molecular weight excluding hydrogens is 328 g/mol. The molecule has 0 saturated heterocycles. The SMILES string of the molecule is Fc1cccc(F)c1.O=C(Cn1cnnn1)c1ccc(F)cc1F. The van der Waals surface area contributed by atoms with Crippen molar-refractivity contribution in [2.45, 2.75) is 6.54 Å². The van der Waals surface area contributed by atoms with Gasteiger partial charge in [-0.05, 0) is 34.7 Å². The molecule has 0 spiro atoms. The molecule has 9 heteroatoms. The molecular formula is C15H10F4N4O. The Morgan fingerprint density at radius 2 is 1.62 bits per heavy atom. The zero-order valence-corrected chi connectivity index (χ0v) is 12.0. The van der Waals surface area contributed by atoms with Crippen molar-refractivity contribution in [3.8, 4) is 0 Å². The fourth-order valence-electron chi connectivity index (χ4n) is 1.66. The predicted octanol–water partition coefficient (Wildman–Crippen LogP) is 2.80. The summed E-state index contributed by atoms with van der Waals surface area (Å²) in [5.41, 5.74) is -0.183. The lowest BCUT2D eigenvalue weighted by molar-refractivity contribution is 0.0963. The van der Waals surface area contributed by atoms with E-state index in [9.17, 15) is 22.4 Å². The van der Waals surface area contributed by atoms with Crippen molar-refractivity contribution in [3.63, 3.8) is 0 Å².